The van der Waals surface area contributed by atoms with E-state index < -0.39 is 0 Å². The van der Waals surface area contributed by atoms with Crippen LogP contribution in [0.1, 0.15) is 12.5 Å². The van der Waals surface area contributed by atoms with Gasteiger partial charge in [-0.3, -0.25) is 9.59 Å². The van der Waals surface area contributed by atoms with Gasteiger partial charge in [-0.2, -0.15) is 0 Å². The Kier molecular flexibility index (Phi) is 7.49. The highest BCUT2D eigenvalue weighted by atomic mass is 35.5. The van der Waals surface area contributed by atoms with Crippen molar-refractivity contribution >= 4 is 29.1 Å². The molecule has 0 radical (unpaired) electrons. The minimum Gasteiger partial charge on any atom is -0.497 e. The van der Waals surface area contributed by atoms with E-state index in [-0.39, 0.29) is 25.0 Å². The molecule has 0 atom stereocenters. The van der Waals surface area contributed by atoms with E-state index in [2.05, 4.69) is 5.32 Å². The van der Waals surface area contributed by atoms with E-state index >= 15 is 0 Å². The van der Waals surface area contributed by atoms with Crippen LogP contribution in [0.4, 0.5) is 5.69 Å². The number of ether oxygens (including phenoxy) is 2. The van der Waals surface area contributed by atoms with E-state index in [0.29, 0.717) is 23.0 Å². The molecule has 0 aliphatic heterocycles. The molecule has 27 heavy (non-hydrogen) atoms. The normalized spacial score (nSPS) is 10.2. The molecule has 0 aromatic heterocycles. The predicted octanol–water partition coefficient (Wildman–Crippen LogP) is 3.52. The zero-order valence-corrected chi connectivity index (χ0v) is 16.4. The van der Waals surface area contributed by atoms with E-state index in [1.807, 2.05) is 13.0 Å². The third-order valence-corrected chi connectivity index (χ3v) is 4.33. The van der Waals surface area contributed by atoms with Crippen molar-refractivity contribution in [3.05, 3.63) is 53.1 Å². The number of anilines is 1. The van der Waals surface area contributed by atoms with Crippen LogP contribution in [0, 0.1) is 6.92 Å². The number of methoxy groups -OCH3 is 1. The summed E-state index contributed by atoms with van der Waals surface area (Å²) in [7, 11) is 1.59. The molecule has 2 aromatic carbocycles. The third-order valence-electron chi connectivity index (χ3n) is 3.92. The molecular formula is C20H23ClN2O4. The molecule has 0 heterocycles. The Morgan fingerprint density at radius 1 is 1.11 bits per heavy atom. The van der Waals surface area contributed by atoms with Crippen molar-refractivity contribution in [2.75, 3.05) is 32.1 Å². The first-order valence-electron chi connectivity index (χ1n) is 8.47. The first-order valence-corrected chi connectivity index (χ1v) is 8.85. The lowest BCUT2D eigenvalue weighted by Gasteiger charge is -2.20. The monoisotopic (exact) mass is 390 g/mol. The molecular weight excluding hydrogens is 368 g/mol. The van der Waals surface area contributed by atoms with Gasteiger partial charge in [-0.15, -0.1) is 0 Å². The molecule has 7 heteroatoms. The van der Waals surface area contributed by atoms with Gasteiger partial charge in [0.25, 0.3) is 0 Å². The van der Waals surface area contributed by atoms with Crippen molar-refractivity contribution in [3.63, 3.8) is 0 Å². The van der Waals surface area contributed by atoms with Crippen LogP contribution in [0.15, 0.2) is 42.5 Å². The maximum atomic E-state index is 12.2. The summed E-state index contributed by atoms with van der Waals surface area (Å²) in [6, 6.07) is 12.4. The van der Waals surface area contributed by atoms with Crippen LogP contribution >= 0.6 is 11.6 Å². The van der Waals surface area contributed by atoms with Gasteiger partial charge in [0, 0.05) is 17.6 Å². The second-order valence-corrected chi connectivity index (χ2v) is 6.38. The van der Waals surface area contributed by atoms with Gasteiger partial charge in [0.1, 0.15) is 18.1 Å². The van der Waals surface area contributed by atoms with Crippen molar-refractivity contribution < 1.29 is 19.1 Å². The largest absolute Gasteiger partial charge is 0.497 e. The average molecular weight is 391 g/mol. The Hall–Kier alpha value is -2.73. The van der Waals surface area contributed by atoms with Crippen LogP contribution in [0.2, 0.25) is 5.02 Å². The van der Waals surface area contributed by atoms with Crippen LogP contribution in [0.3, 0.4) is 0 Å². The van der Waals surface area contributed by atoms with Crippen molar-refractivity contribution in [3.8, 4) is 11.5 Å². The van der Waals surface area contributed by atoms with E-state index in [0.717, 1.165) is 11.3 Å². The lowest BCUT2D eigenvalue weighted by atomic mass is 10.2. The van der Waals surface area contributed by atoms with Gasteiger partial charge in [-0.05, 0) is 48.9 Å². The molecule has 144 valence electrons. The van der Waals surface area contributed by atoms with Gasteiger partial charge < -0.3 is 19.7 Å². The quantitative estimate of drug-likeness (QED) is 0.748. The smallest absolute Gasteiger partial charge is 0.243 e. The SMILES string of the molecule is COc1ccc(OCCN(CC(=O)Nc2ccc(C)c(Cl)c2)C(C)=O)cc1. The van der Waals surface area contributed by atoms with Crippen LogP contribution < -0.4 is 14.8 Å². The summed E-state index contributed by atoms with van der Waals surface area (Å²) in [6.07, 6.45) is 0. The fourth-order valence-corrected chi connectivity index (χ4v) is 2.52. The van der Waals surface area contributed by atoms with Gasteiger partial charge in [0.2, 0.25) is 11.8 Å². The number of nitrogens with one attached hydrogen (secondary N) is 1. The maximum absolute atomic E-state index is 12.2. The summed E-state index contributed by atoms with van der Waals surface area (Å²) < 4.78 is 10.7. The number of nitrogens with zero attached hydrogens (tertiary/aromatic N) is 1. The van der Waals surface area contributed by atoms with Gasteiger partial charge >= 0.3 is 0 Å². The molecule has 0 spiro atoms. The number of rotatable bonds is 8. The first-order chi connectivity index (χ1) is 12.9. The third kappa shape index (κ3) is 6.49. The van der Waals surface area contributed by atoms with Crippen molar-refractivity contribution in [2.45, 2.75) is 13.8 Å². The van der Waals surface area contributed by atoms with Gasteiger partial charge in [0.05, 0.1) is 20.2 Å². The van der Waals surface area contributed by atoms with Crippen LogP contribution in [-0.2, 0) is 9.59 Å². The van der Waals surface area contributed by atoms with E-state index in [4.69, 9.17) is 21.1 Å². The average Bonchev–Trinajstić information content (AvgIpc) is 2.64. The topological polar surface area (TPSA) is 67.9 Å². The molecule has 0 saturated carbocycles. The first kappa shape index (κ1) is 20.6. The van der Waals surface area contributed by atoms with Crippen LogP contribution in [0.25, 0.3) is 0 Å². The summed E-state index contributed by atoms with van der Waals surface area (Å²) in [5.41, 5.74) is 1.52. The fraction of sp³-hybridized carbons (Fsp3) is 0.300. The standard InChI is InChI=1S/C20H23ClN2O4/c1-14-4-5-16(12-19(14)21)22-20(25)13-23(15(2)24)10-11-27-18-8-6-17(26-3)7-9-18/h4-9,12H,10-11,13H2,1-3H3,(H,22,25). The van der Waals surface area contributed by atoms with Gasteiger partial charge in [-0.1, -0.05) is 17.7 Å². The number of carbonyl (C=O) groups excluding carboxylic acids is 2. The summed E-state index contributed by atoms with van der Waals surface area (Å²) in [5.74, 6) is 0.902. The lowest BCUT2D eigenvalue weighted by molar-refractivity contribution is -0.133. The molecule has 0 saturated heterocycles. The highest BCUT2D eigenvalue weighted by Gasteiger charge is 2.14. The molecule has 2 amide bonds. The van der Waals surface area contributed by atoms with Crippen LogP contribution in [-0.4, -0.2) is 43.5 Å². The molecule has 0 unspecified atom stereocenters. The second kappa shape index (κ2) is 9.83. The van der Waals surface area contributed by atoms with E-state index in [1.165, 1.54) is 11.8 Å². The zero-order valence-electron chi connectivity index (χ0n) is 15.6. The summed E-state index contributed by atoms with van der Waals surface area (Å²) in [6.45, 7) is 3.81. The number of carbonyl (C=O) groups is 2. The van der Waals surface area contributed by atoms with E-state index in [9.17, 15) is 9.59 Å². The van der Waals surface area contributed by atoms with Gasteiger partial charge in [0.15, 0.2) is 0 Å². The molecule has 1 N–H and O–H groups in total. The summed E-state index contributed by atoms with van der Waals surface area (Å²) in [4.78, 5) is 25.5. The molecule has 2 rings (SSSR count). The number of amides is 2. The summed E-state index contributed by atoms with van der Waals surface area (Å²) in [5, 5.41) is 3.32. The predicted molar refractivity (Wildman–Crippen MR) is 106 cm³/mol. The van der Waals surface area contributed by atoms with Crippen LogP contribution in [0.5, 0.6) is 11.5 Å². The Bertz CT molecular complexity index is 793. The van der Waals surface area contributed by atoms with Gasteiger partial charge in [-0.25, -0.2) is 0 Å². The Balaban J connectivity index is 1.85. The molecule has 0 bridgehead atoms. The number of benzene rings is 2. The van der Waals surface area contributed by atoms with E-state index in [1.54, 1.807) is 43.5 Å². The highest BCUT2D eigenvalue weighted by Crippen LogP contribution is 2.20. The minimum atomic E-state index is -0.297. The maximum Gasteiger partial charge on any atom is 0.243 e. The highest BCUT2D eigenvalue weighted by molar-refractivity contribution is 6.31. The molecule has 6 nitrogen and oxygen atoms in total. The van der Waals surface area contributed by atoms with Crippen molar-refractivity contribution in [1.82, 2.24) is 4.90 Å². The molecule has 0 aliphatic carbocycles. The fourth-order valence-electron chi connectivity index (χ4n) is 2.34. The number of hydrogen-bond donors (Lipinski definition) is 1. The number of aryl methyl sites for hydroxylation is 1. The molecule has 2 aromatic rings. The Morgan fingerprint density at radius 2 is 1.78 bits per heavy atom. The zero-order chi connectivity index (χ0) is 19.8. The number of hydrogen-bond acceptors (Lipinski definition) is 4. The molecule has 0 fully saturated rings. The Labute approximate surface area is 164 Å². The van der Waals surface area contributed by atoms with Crippen molar-refractivity contribution in [1.29, 1.82) is 0 Å². The Morgan fingerprint density at radius 3 is 2.37 bits per heavy atom. The lowest BCUT2D eigenvalue weighted by Crippen LogP contribution is -2.39. The summed E-state index contributed by atoms with van der Waals surface area (Å²) >= 11 is 6.06. The number of halogens is 1. The molecule has 0 aliphatic rings. The minimum absolute atomic E-state index is 0.0627. The second-order valence-electron chi connectivity index (χ2n) is 5.98. The van der Waals surface area contributed by atoms with Crippen molar-refractivity contribution in [2.24, 2.45) is 0 Å².